The minimum Gasteiger partial charge on any atom is -0.444 e. The molecule has 4 rings (SSSR count). The minimum absolute atomic E-state index is 0.0303. The SMILES string of the molecule is CC(C)(C)OC(=O)NC1CCN(c2cccc(F)c2N2C(=O)c3ccccc3C2=O)CC1. The third kappa shape index (κ3) is 4.17. The van der Waals surface area contributed by atoms with Crippen molar-refractivity contribution in [3.8, 4) is 0 Å². The average molecular weight is 439 g/mol. The molecule has 0 aromatic heterocycles. The molecule has 7 nitrogen and oxygen atoms in total. The number of benzene rings is 2. The highest BCUT2D eigenvalue weighted by atomic mass is 19.1. The first-order valence-corrected chi connectivity index (χ1v) is 10.7. The summed E-state index contributed by atoms with van der Waals surface area (Å²) in [5, 5.41) is 2.87. The van der Waals surface area contributed by atoms with Crippen LogP contribution in [0.3, 0.4) is 0 Å². The summed E-state index contributed by atoms with van der Waals surface area (Å²) in [7, 11) is 0. The van der Waals surface area contributed by atoms with Gasteiger partial charge in [-0.3, -0.25) is 9.59 Å². The summed E-state index contributed by atoms with van der Waals surface area (Å²) >= 11 is 0. The lowest BCUT2D eigenvalue weighted by atomic mass is 10.0. The maximum absolute atomic E-state index is 15.0. The van der Waals surface area contributed by atoms with Crippen molar-refractivity contribution in [2.45, 2.75) is 45.3 Å². The number of nitrogens with zero attached hydrogens (tertiary/aromatic N) is 2. The number of amides is 3. The Morgan fingerprint density at radius 2 is 1.59 bits per heavy atom. The van der Waals surface area contributed by atoms with E-state index in [1.54, 1.807) is 57.2 Å². The Kier molecular flexibility index (Phi) is 5.62. The van der Waals surface area contributed by atoms with Gasteiger partial charge in [-0.2, -0.15) is 0 Å². The Bertz CT molecular complexity index is 1040. The van der Waals surface area contributed by atoms with Gasteiger partial charge in [-0.1, -0.05) is 18.2 Å². The number of hydrogen-bond donors (Lipinski definition) is 1. The number of carbonyl (C=O) groups excluding carboxylic acids is 3. The Labute approximate surface area is 186 Å². The molecule has 0 atom stereocenters. The van der Waals surface area contributed by atoms with Gasteiger partial charge in [0.25, 0.3) is 11.8 Å². The van der Waals surface area contributed by atoms with Crippen LogP contribution in [0.25, 0.3) is 0 Å². The first-order chi connectivity index (χ1) is 15.2. The number of para-hydroxylation sites is 1. The van der Waals surface area contributed by atoms with Crippen LogP contribution in [0, 0.1) is 5.82 Å². The average Bonchev–Trinajstić information content (AvgIpc) is 2.98. The first-order valence-electron chi connectivity index (χ1n) is 10.7. The summed E-state index contributed by atoms with van der Waals surface area (Å²) in [6.45, 7) is 6.47. The standard InChI is InChI=1S/C24H26FN3O4/c1-24(2,3)32-23(31)26-15-11-13-27(14-12-15)19-10-6-9-18(25)20(19)28-21(29)16-7-4-5-8-17(16)22(28)30/h4-10,15H,11-14H2,1-3H3,(H,26,31). The number of nitrogens with one attached hydrogen (secondary N) is 1. The van der Waals surface area contributed by atoms with Gasteiger partial charge >= 0.3 is 6.09 Å². The molecule has 0 spiro atoms. The van der Waals surface area contributed by atoms with E-state index in [9.17, 15) is 18.8 Å². The maximum Gasteiger partial charge on any atom is 0.407 e. The lowest BCUT2D eigenvalue weighted by molar-refractivity contribution is 0.0496. The fraction of sp³-hybridized carbons (Fsp3) is 0.375. The number of imide groups is 1. The van der Waals surface area contributed by atoms with Crippen LogP contribution in [0.15, 0.2) is 42.5 Å². The number of carbonyl (C=O) groups is 3. The van der Waals surface area contributed by atoms with E-state index in [0.29, 0.717) is 31.6 Å². The van der Waals surface area contributed by atoms with Gasteiger partial charge in [0.05, 0.1) is 16.8 Å². The molecule has 0 aliphatic carbocycles. The fourth-order valence-corrected chi connectivity index (χ4v) is 4.11. The number of alkyl carbamates (subject to hydrolysis) is 1. The predicted molar refractivity (Wildman–Crippen MR) is 119 cm³/mol. The molecule has 2 aromatic rings. The quantitative estimate of drug-likeness (QED) is 0.728. The number of fused-ring (bicyclic) bond motifs is 1. The van der Waals surface area contributed by atoms with E-state index in [0.717, 1.165) is 4.90 Å². The molecule has 1 fully saturated rings. The Balaban J connectivity index is 1.53. The summed E-state index contributed by atoms with van der Waals surface area (Å²) in [4.78, 5) is 40.8. The Hall–Kier alpha value is -3.42. The molecule has 0 saturated carbocycles. The molecule has 0 bridgehead atoms. The molecular weight excluding hydrogens is 413 g/mol. The second-order valence-electron chi connectivity index (χ2n) is 9.01. The van der Waals surface area contributed by atoms with Gasteiger partial charge in [0.1, 0.15) is 17.1 Å². The zero-order chi connectivity index (χ0) is 23.0. The number of anilines is 2. The van der Waals surface area contributed by atoms with Gasteiger partial charge in [-0.15, -0.1) is 0 Å². The van der Waals surface area contributed by atoms with Crippen LogP contribution in [-0.2, 0) is 4.74 Å². The largest absolute Gasteiger partial charge is 0.444 e. The van der Waals surface area contributed by atoms with E-state index in [4.69, 9.17) is 4.74 Å². The molecule has 2 aliphatic heterocycles. The molecule has 2 aliphatic rings. The number of rotatable bonds is 3. The molecule has 0 unspecified atom stereocenters. The van der Waals surface area contributed by atoms with Gasteiger partial charge in [-0.05, 0) is 57.9 Å². The van der Waals surface area contributed by atoms with Crippen molar-refractivity contribution in [2.75, 3.05) is 22.9 Å². The normalized spacial score (nSPS) is 16.9. The fourth-order valence-electron chi connectivity index (χ4n) is 4.11. The Morgan fingerprint density at radius 1 is 1.00 bits per heavy atom. The van der Waals surface area contributed by atoms with Crippen LogP contribution in [-0.4, -0.2) is 42.6 Å². The zero-order valence-electron chi connectivity index (χ0n) is 18.4. The predicted octanol–water partition coefficient (Wildman–Crippen LogP) is 4.12. The lowest BCUT2D eigenvalue weighted by Gasteiger charge is -2.36. The summed E-state index contributed by atoms with van der Waals surface area (Å²) in [5.74, 6) is -1.69. The third-order valence-electron chi connectivity index (χ3n) is 5.54. The Morgan fingerprint density at radius 3 is 2.16 bits per heavy atom. The van der Waals surface area contributed by atoms with E-state index in [1.165, 1.54) is 6.07 Å². The van der Waals surface area contributed by atoms with E-state index in [-0.39, 0.29) is 22.9 Å². The first kappa shape index (κ1) is 21.8. The van der Waals surface area contributed by atoms with Crippen LogP contribution >= 0.6 is 0 Å². The van der Waals surface area contributed by atoms with E-state index in [1.807, 2.05) is 4.90 Å². The lowest BCUT2D eigenvalue weighted by Crippen LogP contribution is -2.46. The highest BCUT2D eigenvalue weighted by Crippen LogP contribution is 2.38. The number of ether oxygens (including phenoxy) is 1. The molecule has 1 saturated heterocycles. The van der Waals surface area contributed by atoms with Crippen molar-refractivity contribution in [3.63, 3.8) is 0 Å². The van der Waals surface area contributed by atoms with Crippen molar-refractivity contribution >= 4 is 29.3 Å². The molecule has 1 N–H and O–H groups in total. The zero-order valence-corrected chi connectivity index (χ0v) is 18.4. The second kappa shape index (κ2) is 8.26. The number of piperidine rings is 1. The molecular formula is C24H26FN3O4. The third-order valence-corrected chi connectivity index (χ3v) is 5.54. The van der Waals surface area contributed by atoms with Crippen LogP contribution in [0.1, 0.15) is 54.3 Å². The topological polar surface area (TPSA) is 79.0 Å². The van der Waals surface area contributed by atoms with Gasteiger partial charge < -0.3 is 15.0 Å². The molecule has 8 heteroatoms. The van der Waals surface area contributed by atoms with E-state index >= 15 is 0 Å². The van der Waals surface area contributed by atoms with Crippen molar-refractivity contribution in [3.05, 3.63) is 59.4 Å². The summed E-state index contributed by atoms with van der Waals surface area (Å²) in [5.41, 5.74) is 0.416. The van der Waals surface area contributed by atoms with Crippen LogP contribution in [0.4, 0.5) is 20.6 Å². The maximum atomic E-state index is 15.0. The van der Waals surface area contributed by atoms with Gasteiger partial charge in [0, 0.05) is 19.1 Å². The number of halogens is 1. The molecule has 168 valence electrons. The molecule has 3 amide bonds. The molecule has 32 heavy (non-hydrogen) atoms. The van der Waals surface area contributed by atoms with Gasteiger partial charge in [0.2, 0.25) is 0 Å². The van der Waals surface area contributed by atoms with Gasteiger partial charge in [0.15, 0.2) is 0 Å². The molecule has 2 aromatic carbocycles. The van der Waals surface area contributed by atoms with Gasteiger partial charge in [-0.25, -0.2) is 14.1 Å². The summed E-state index contributed by atoms with van der Waals surface area (Å²) in [6, 6.07) is 11.0. The minimum atomic E-state index is -0.633. The highest BCUT2D eigenvalue weighted by Gasteiger charge is 2.40. The van der Waals surface area contributed by atoms with Crippen molar-refractivity contribution in [1.82, 2.24) is 5.32 Å². The van der Waals surface area contributed by atoms with E-state index < -0.39 is 29.3 Å². The van der Waals surface area contributed by atoms with Crippen molar-refractivity contribution in [1.29, 1.82) is 0 Å². The van der Waals surface area contributed by atoms with Crippen molar-refractivity contribution in [2.24, 2.45) is 0 Å². The smallest absolute Gasteiger partial charge is 0.407 e. The molecule has 0 radical (unpaired) electrons. The molecule has 2 heterocycles. The van der Waals surface area contributed by atoms with E-state index in [2.05, 4.69) is 5.32 Å². The number of hydrogen-bond acceptors (Lipinski definition) is 5. The second-order valence-corrected chi connectivity index (χ2v) is 9.01. The summed E-state index contributed by atoms with van der Waals surface area (Å²) in [6.07, 6.45) is 0.780. The van der Waals surface area contributed by atoms with Crippen LogP contribution in [0.5, 0.6) is 0 Å². The summed E-state index contributed by atoms with van der Waals surface area (Å²) < 4.78 is 20.3. The van der Waals surface area contributed by atoms with Crippen LogP contribution in [0.2, 0.25) is 0 Å². The van der Waals surface area contributed by atoms with Crippen LogP contribution < -0.4 is 15.1 Å². The monoisotopic (exact) mass is 439 g/mol. The van der Waals surface area contributed by atoms with Crippen molar-refractivity contribution < 1.29 is 23.5 Å². The highest BCUT2D eigenvalue weighted by molar-refractivity contribution is 6.35.